The average Bonchev–Trinajstić information content (AvgIpc) is 3.23. The van der Waals surface area contributed by atoms with Crippen LogP contribution in [0.2, 0.25) is 0 Å². The molecule has 0 amide bonds. The summed E-state index contributed by atoms with van der Waals surface area (Å²) >= 11 is 3.62. The first-order valence-corrected chi connectivity index (χ1v) is 7.78. The van der Waals surface area contributed by atoms with Crippen LogP contribution in [0.15, 0.2) is 54.6 Å². The van der Waals surface area contributed by atoms with Gasteiger partial charge in [0.1, 0.15) is 5.82 Å². The van der Waals surface area contributed by atoms with Crippen molar-refractivity contribution < 1.29 is 4.39 Å². The van der Waals surface area contributed by atoms with Crippen molar-refractivity contribution in [3.63, 3.8) is 0 Å². The van der Waals surface area contributed by atoms with Crippen LogP contribution >= 0.6 is 15.9 Å². The molecular weight excluding hydrogens is 303 g/mol. The molecule has 0 bridgehead atoms. The Morgan fingerprint density at radius 3 is 2.37 bits per heavy atom. The van der Waals surface area contributed by atoms with E-state index in [4.69, 9.17) is 0 Å². The number of alkyl halides is 1. The maximum atomic E-state index is 13.0. The number of hydrogen-bond acceptors (Lipinski definition) is 0. The van der Waals surface area contributed by atoms with Crippen LogP contribution in [0, 0.1) is 11.7 Å². The molecule has 19 heavy (non-hydrogen) atoms. The van der Waals surface area contributed by atoms with Gasteiger partial charge >= 0.3 is 0 Å². The molecule has 0 spiro atoms. The fourth-order valence-electron chi connectivity index (χ4n) is 2.90. The van der Waals surface area contributed by atoms with Gasteiger partial charge in [-0.15, -0.1) is 0 Å². The molecule has 3 atom stereocenters. The second kappa shape index (κ2) is 5.46. The number of hydrogen-bond donors (Lipinski definition) is 0. The third kappa shape index (κ3) is 2.74. The number of halogens is 2. The minimum absolute atomic E-state index is 0.160. The van der Waals surface area contributed by atoms with Gasteiger partial charge in [-0.2, -0.15) is 0 Å². The number of benzene rings is 2. The van der Waals surface area contributed by atoms with Crippen molar-refractivity contribution in [3.8, 4) is 0 Å². The Labute approximate surface area is 121 Å². The summed E-state index contributed by atoms with van der Waals surface area (Å²) in [5.74, 6) is 1.65. The van der Waals surface area contributed by atoms with Crippen molar-refractivity contribution in [3.05, 3.63) is 71.5 Å². The largest absolute Gasteiger partial charge is 0.207 e. The maximum absolute atomic E-state index is 13.0. The van der Waals surface area contributed by atoms with E-state index >= 15 is 0 Å². The molecule has 2 aromatic carbocycles. The van der Waals surface area contributed by atoms with Gasteiger partial charge in [-0.25, -0.2) is 4.39 Å². The fourth-order valence-corrected chi connectivity index (χ4v) is 3.76. The van der Waals surface area contributed by atoms with Gasteiger partial charge in [0.05, 0.1) is 0 Å². The van der Waals surface area contributed by atoms with Crippen molar-refractivity contribution in [2.75, 3.05) is 5.33 Å². The normalized spacial score (nSPS) is 23.1. The Morgan fingerprint density at radius 2 is 1.74 bits per heavy atom. The van der Waals surface area contributed by atoms with E-state index in [0.717, 1.165) is 5.33 Å². The molecule has 0 aliphatic heterocycles. The van der Waals surface area contributed by atoms with E-state index in [2.05, 4.69) is 46.3 Å². The molecule has 1 fully saturated rings. The molecule has 1 aliphatic carbocycles. The highest BCUT2D eigenvalue weighted by atomic mass is 79.9. The molecule has 0 nitrogen and oxygen atoms in total. The molecule has 0 saturated heterocycles. The Hall–Kier alpha value is -1.15. The van der Waals surface area contributed by atoms with Gasteiger partial charge in [0, 0.05) is 5.33 Å². The predicted octanol–water partition coefficient (Wildman–Crippen LogP) is 5.11. The lowest BCUT2D eigenvalue weighted by molar-refractivity contribution is 0.620. The molecule has 0 heterocycles. The van der Waals surface area contributed by atoms with Crippen molar-refractivity contribution in [2.45, 2.75) is 18.3 Å². The zero-order valence-corrected chi connectivity index (χ0v) is 12.2. The smallest absolute Gasteiger partial charge is 0.123 e. The van der Waals surface area contributed by atoms with Crippen molar-refractivity contribution in [1.29, 1.82) is 0 Å². The van der Waals surface area contributed by atoms with Crippen molar-refractivity contribution in [1.82, 2.24) is 0 Å². The molecular formula is C17H16BrF. The summed E-state index contributed by atoms with van der Waals surface area (Å²) in [6.07, 6.45) is 1.23. The van der Waals surface area contributed by atoms with Crippen LogP contribution in [0.4, 0.5) is 4.39 Å². The third-order valence-electron chi connectivity index (χ3n) is 4.05. The Kier molecular flexibility index (Phi) is 3.69. The zero-order chi connectivity index (χ0) is 13.2. The van der Waals surface area contributed by atoms with Crippen molar-refractivity contribution in [2.24, 2.45) is 5.92 Å². The van der Waals surface area contributed by atoms with E-state index in [1.165, 1.54) is 17.5 Å². The topological polar surface area (TPSA) is 0 Å². The first-order valence-electron chi connectivity index (χ1n) is 6.66. The first-order chi connectivity index (χ1) is 9.29. The quantitative estimate of drug-likeness (QED) is 0.687. The standard InChI is InChI=1S/C17H16BrF/c18-11-17(13-6-8-14(19)9-7-13)16-10-15(16)12-4-2-1-3-5-12/h1-9,15-17H,10-11H2. The van der Waals surface area contributed by atoms with Crippen LogP contribution in [-0.4, -0.2) is 5.33 Å². The van der Waals surface area contributed by atoms with Gasteiger partial charge < -0.3 is 0 Å². The zero-order valence-electron chi connectivity index (χ0n) is 10.6. The summed E-state index contributed by atoms with van der Waals surface area (Å²) < 4.78 is 13.0. The Bertz CT molecular complexity index is 535. The van der Waals surface area contributed by atoms with Gasteiger partial charge in [-0.05, 0) is 47.4 Å². The second-order valence-electron chi connectivity index (χ2n) is 5.23. The third-order valence-corrected chi connectivity index (χ3v) is 4.75. The van der Waals surface area contributed by atoms with Gasteiger partial charge in [0.15, 0.2) is 0 Å². The highest BCUT2D eigenvalue weighted by Gasteiger charge is 2.43. The summed E-state index contributed by atoms with van der Waals surface area (Å²) in [7, 11) is 0. The summed E-state index contributed by atoms with van der Waals surface area (Å²) in [5.41, 5.74) is 2.67. The van der Waals surface area contributed by atoms with Crippen LogP contribution < -0.4 is 0 Å². The minimum atomic E-state index is -0.160. The van der Waals surface area contributed by atoms with E-state index in [0.29, 0.717) is 17.8 Å². The van der Waals surface area contributed by atoms with Crippen LogP contribution in [0.1, 0.15) is 29.4 Å². The van der Waals surface area contributed by atoms with E-state index in [-0.39, 0.29) is 5.82 Å². The molecule has 1 aliphatic rings. The van der Waals surface area contributed by atoms with E-state index in [1.54, 1.807) is 12.1 Å². The van der Waals surface area contributed by atoms with Crippen LogP contribution in [0.3, 0.4) is 0 Å². The Morgan fingerprint density at radius 1 is 1.05 bits per heavy atom. The predicted molar refractivity (Wildman–Crippen MR) is 80.2 cm³/mol. The Balaban J connectivity index is 1.77. The molecule has 0 radical (unpaired) electrons. The van der Waals surface area contributed by atoms with E-state index in [1.807, 2.05) is 12.1 Å². The van der Waals surface area contributed by atoms with Gasteiger partial charge in [-0.1, -0.05) is 58.4 Å². The summed E-state index contributed by atoms with van der Waals surface area (Å²) in [5, 5.41) is 0.937. The van der Waals surface area contributed by atoms with Gasteiger partial charge in [0.2, 0.25) is 0 Å². The maximum Gasteiger partial charge on any atom is 0.123 e. The molecule has 2 aromatic rings. The molecule has 0 N–H and O–H groups in total. The summed E-state index contributed by atoms with van der Waals surface area (Å²) in [4.78, 5) is 0. The average molecular weight is 319 g/mol. The van der Waals surface area contributed by atoms with Gasteiger partial charge in [0.25, 0.3) is 0 Å². The van der Waals surface area contributed by atoms with Crippen LogP contribution in [0.5, 0.6) is 0 Å². The van der Waals surface area contributed by atoms with E-state index in [9.17, 15) is 4.39 Å². The molecule has 2 heteroatoms. The second-order valence-corrected chi connectivity index (χ2v) is 5.88. The molecule has 98 valence electrons. The summed E-state index contributed by atoms with van der Waals surface area (Å²) in [6, 6.07) is 17.6. The lowest BCUT2D eigenvalue weighted by atomic mass is 9.93. The van der Waals surface area contributed by atoms with Crippen molar-refractivity contribution >= 4 is 15.9 Å². The minimum Gasteiger partial charge on any atom is -0.207 e. The number of rotatable bonds is 4. The van der Waals surface area contributed by atoms with E-state index < -0.39 is 0 Å². The molecule has 1 saturated carbocycles. The molecule has 3 unspecified atom stereocenters. The summed E-state index contributed by atoms with van der Waals surface area (Å²) in [6.45, 7) is 0. The first kappa shape index (κ1) is 12.9. The highest BCUT2D eigenvalue weighted by molar-refractivity contribution is 9.09. The monoisotopic (exact) mass is 318 g/mol. The highest BCUT2D eigenvalue weighted by Crippen LogP contribution is 2.55. The van der Waals surface area contributed by atoms with Crippen LogP contribution in [-0.2, 0) is 0 Å². The molecule has 3 rings (SSSR count). The lowest BCUT2D eigenvalue weighted by Gasteiger charge is -2.14. The lowest BCUT2D eigenvalue weighted by Crippen LogP contribution is -2.04. The SMILES string of the molecule is Fc1ccc(C(CBr)C2CC2c2ccccc2)cc1. The fraction of sp³-hybridized carbons (Fsp3) is 0.294. The van der Waals surface area contributed by atoms with Crippen LogP contribution in [0.25, 0.3) is 0 Å². The van der Waals surface area contributed by atoms with Gasteiger partial charge in [-0.3, -0.25) is 0 Å². The molecule has 0 aromatic heterocycles.